The molecule has 0 radical (unpaired) electrons. The maximum Gasteiger partial charge on any atom is 1.00 e. The summed E-state index contributed by atoms with van der Waals surface area (Å²) in [7, 11) is 0. The van der Waals surface area contributed by atoms with Crippen molar-refractivity contribution in [1.82, 2.24) is 4.98 Å². The van der Waals surface area contributed by atoms with Gasteiger partial charge in [0.05, 0.1) is 12.1 Å². The molecule has 1 aliphatic rings. The molecular formula is C28H24NNaO5. The molecule has 0 amide bonds. The van der Waals surface area contributed by atoms with Crippen molar-refractivity contribution in [2.75, 3.05) is 6.61 Å². The summed E-state index contributed by atoms with van der Waals surface area (Å²) in [4.78, 5) is 15.6. The summed E-state index contributed by atoms with van der Waals surface area (Å²) in [5, 5.41) is 10.8. The van der Waals surface area contributed by atoms with Crippen LogP contribution in [-0.4, -0.2) is 17.6 Å². The number of ether oxygens (including phenoxy) is 2. The maximum atomic E-state index is 10.8. The zero-order chi connectivity index (χ0) is 23.3. The summed E-state index contributed by atoms with van der Waals surface area (Å²) < 4.78 is 17.9. The molecule has 1 atom stereocenters. The van der Waals surface area contributed by atoms with Gasteiger partial charge >= 0.3 is 29.6 Å². The molecule has 0 unspecified atom stereocenters. The van der Waals surface area contributed by atoms with E-state index in [0.717, 1.165) is 47.2 Å². The Morgan fingerprint density at radius 1 is 0.971 bits per heavy atom. The summed E-state index contributed by atoms with van der Waals surface area (Å²) in [6.07, 6.45) is 2.43. The van der Waals surface area contributed by atoms with Crippen LogP contribution in [0.1, 0.15) is 36.0 Å². The van der Waals surface area contributed by atoms with Crippen molar-refractivity contribution in [3.05, 3.63) is 95.9 Å². The third-order valence-electron chi connectivity index (χ3n) is 5.92. The van der Waals surface area contributed by atoms with Gasteiger partial charge in [0.2, 0.25) is 5.89 Å². The number of carbonyl (C=O) groups is 1. The Morgan fingerprint density at radius 3 is 2.40 bits per heavy atom. The smallest absolute Gasteiger partial charge is 0.546 e. The molecule has 0 fully saturated rings. The second kappa shape index (κ2) is 11.7. The van der Waals surface area contributed by atoms with Gasteiger partial charge in [-0.05, 0) is 36.5 Å². The zero-order valence-electron chi connectivity index (χ0n) is 19.6. The number of hydrogen-bond acceptors (Lipinski definition) is 6. The molecule has 35 heavy (non-hydrogen) atoms. The van der Waals surface area contributed by atoms with Gasteiger partial charge in [0, 0.05) is 11.1 Å². The molecule has 1 heterocycles. The SMILES string of the molecule is O=C([O-])COc1cccc2c1CCC[C@H]2OCc1nc(-c2ccccc2)c(-c2ccccc2)o1.[Na+]. The van der Waals surface area contributed by atoms with Gasteiger partial charge in [-0.2, -0.15) is 0 Å². The zero-order valence-corrected chi connectivity index (χ0v) is 21.6. The van der Waals surface area contributed by atoms with Crippen molar-refractivity contribution in [3.8, 4) is 28.3 Å². The minimum atomic E-state index is -1.24. The summed E-state index contributed by atoms with van der Waals surface area (Å²) in [6.45, 7) is -0.246. The van der Waals surface area contributed by atoms with Crippen LogP contribution >= 0.6 is 0 Å². The molecule has 0 bridgehead atoms. The van der Waals surface area contributed by atoms with E-state index in [0.29, 0.717) is 17.4 Å². The largest absolute Gasteiger partial charge is 1.00 e. The van der Waals surface area contributed by atoms with Crippen molar-refractivity contribution in [2.45, 2.75) is 32.0 Å². The fourth-order valence-corrected chi connectivity index (χ4v) is 4.39. The molecule has 0 saturated heterocycles. The van der Waals surface area contributed by atoms with Gasteiger partial charge < -0.3 is 23.8 Å². The molecule has 4 aromatic rings. The second-order valence-electron chi connectivity index (χ2n) is 8.19. The van der Waals surface area contributed by atoms with E-state index in [1.54, 1.807) is 6.07 Å². The molecule has 0 aliphatic heterocycles. The fraction of sp³-hybridized carbons (Fsp3) is 0.214. The number of aliphatic carboxylic acids is 1. The number of rotatable bonds is 8. The van der Waals surface area contributed by atoms with Crippen LogP contribution in [0.25, 0.3) is 22.6 Å². The number of nitrogens with zero attached hydrogens (tertiary/aromatic N) is 1. The maximum absolute atomic E-state index is 10.8. The minimum Gasteiger partial charge on any atom is -0.546 e. The van der Waals surface area contributed by atoms with Crippen LogP contribution in [0.5, 0.6) is 5.75 Å². The van der Waals surface area contributed by atoms with Crippen molar-refractivity contribution in [2.24, 2.45) is 0 Å². The predicted molar refractivity (Wildman–Crippen MR) is 125 cm³/mol. The number of oxazole rings is 1. The van der Waals surface area contributed by atoms with Crippen molar-refractivity contribution in [1.29, 1.82) is 0 Å². The molecule has 6 nitrogen and oxygen atoms in total. The molecule has 172 valence electrons. The van der Waals surface area contributed by atoms with Crippen LogP contribution in [0.4, 0.5) is 0 Å². The number of fused-ring (bicyclic) bond motifs is 1. The Bertz CT molecular complexity index is 1220. The van der Waals surface area contributed by atoms with E-state index < -0.39 is 12.6 Å². The van der Waals surface area contributed by atoms with E-state index in [1.807, 2.05) is 72.8 Å². The Morgan fingerprint density at radius 2 is 1.69 bits per heavy atom. The quantitative estimate of drug-likeness (QED) is 0.360. The first-order valence-electron chi connectivity index (χ1n) is 11.4. The molecule has 3 aromatic carbocycles. The van der Waals surface area contributed by atoms with Gasteiger partial charge in [-0.3, -0.25) is 0 Å². The average molecular weight is 477 g/mol. The Hall–Kier alpha value is -2.90. The third kappa shape index (κ3) is 5.85. The number of carboxylic acids is 1. The normalized spacial score (nSPS) is 14.6. The van der Waals surface area contributed by atoms with E-state index in [4.69, 9.17) is 18.9 Å². The van der Waals surface area contributed by atoms with Crippen LogP contribution in [-0.2, 0) is 22.6 Å². The van der Waals surface area contributed by atoms with Gasteiger partial charge in [0.1, 0.15) is 24.7 Å². The Labute approximate surface area is 226 Å². The molecule has 0 spiro atoms. The Balaban J connectivity index is 0.00000289. The van der Waals surface area contributed by atoms with Gasteiger partial charge in [-0.25, -0.2) is 4.98 Å². The predicted octanol–water partition coefficient (Wildman–Crippen LogP) is 1.74. The first-order chi connectivity index (χ1) is 16.7. The van der Waals surface area contributed by atoms with Crippen molar-refractivity contribution < 1.29 is 53.3 Å². The van der Waals surface area contributed by atoms with Gasteiger partial charge in [-0.1, -0.05) is 72.8 Å². The topological polar surface area (TPSA) is 84.6 Å². The molecule has 1 aromatic heterocycles. The number of hydrogen-bond donors (Lipinski definition) is 0. The van der Waals surface area contributed by atoms with Crippen LogP contribution in [0, 0.1) is 0 Å². The number of carbonyl (C=O) groups excluding carboxylic acids is 1. The monoisotopic (exact) mass is 477 g/mol. The molecule has 7 heteroatoms. The summed E-state index contributed by atoms with van der Waals surface area (Å²) in [5.41, 5.74) is 4.72. The van der Waals surface area contributed by atoms with Gasteiger partial charge in [-0.15, -0.1) is 0 Å². The first-order valence-corrected chi connectivity index (χ1v) is 11.4. The molecule has 0 N–H and O–H groups in total. The van der Waals surface area contributed by atoms with Crippen LogP contribution in [0.3, 0.4) is 0 Å². The van der Waals surface area contributed by atoms with Crippen LogP contribution < -0.4 is 39.4 Å². The van der Waals surface area contributed by atoms with E-state index >= 15 is 0 Å². The van der Waals surface area contributed by atoms with Gasteiger partial charge in [0.25, 0.3) is 0 Å². The second-order valence-corrected chi connectivity index (χ2v) is 8.19. The summed E-state index contributed by atoms with van der Waals surface area (Å²) in [5.74, 6) is 0.555. The van der Waals surface area contributed by atoms with Crippen LogP contribution in [0.2, 0.25) is 0 Å². The minimum absolute atomic E-state index is 0. The number of carboxylic acid groups (broad SMARTS) is 1. The molecule has 0 saturated carbocycles. The Kier molecular flexibility index (Phi) is 8.42. The van der Waals surface area contributed by atoms with Crippen molar-refractivity contribution >= 4 is 5.97 Å². The number of aromatic nitrogens is 1. The average Bonchev–Trinajstić information content (AvgIpc) is 3.31. The van der Waals surface area contributed by atoms with Crippen molar-refractivity contribution in [3.63, 3.8) is 0 Å². The number of benzene rings is 3. The standard InChI is InChI=1S/C28H25NO5.Na/c30-26(31)18-33-24-16-8-13-21-22(24)14-7-15-23(21)32-17-25-29-27(19-9-3-1-4-10-19)28(34-25)20-11-5-2-6-12-20;/h1-6,8-13,16,23H,7,14-15,17-18H2,(H,30,31);/q;+1/p-1/t23-;/m1./s1. The summed E-state index contributed by atoms with van der Waals surface area (Å²) >= 11 is 0. The van der Waals surface area contributed by atoms with E-state index in [-0.39, 0.29) is 42.3 Å². The van der Waals surface area contributed by atoms with E-state index in [9.17, 15) is 9.90 Å². The van der Waals surface area contributed by atoms with Crippen LogP contribution in [0.15, 0.2) is 83.3 Å². The summed E-state index contributed by atoms with van der Waals surface area (Å²) in [6, 6.07) is 25.5. The fourth-order valence-electron chi connectivity index (χ4n) is 4.39. The van der Waals surface area contributed by atoms with E-state index in [1.165, 1.54) is 0 Å². The van der Waals surface area contributed by atoms with Gasteiger partial charge in [0.15, 0.2) is 5.76 Å². The molecular weight excluding hydrogens is 453 g/mol. The third-order valence-corrected chi connectivity index (χ3v) is 5.92. The van der Waals surface area contributed by atoms with E-state index in [2.05, 4.69) is 0 Å². The molecule has 5 rings (SSSR count). The first kappa shape index (κ1) is 25.2. The molecule has 1 aliphatic carbocycles.